The molecule has 0 aromatic heterocycles. The maximum absolute atomic E-state index is 11.8. The first-order valence-corrected chi connectivity index (χ1v) is 6.16. The Bertz CT molecular complexity index is 411. The number of rotatable bonds is 2. The number of hydrazone groups is 1. The Morgan fingerprint density at radius 1 is 1.35 bits per heavy atom. The predicted molar refractivity (Wildman–Crippen MR) is 69.0 cm³/mol. The molecule has 3 nitrogen and oxygen atoms in total. The van der Waals surface area contributed by atoms with Crippen molar-refractivity contribution >= 4 is 11.6 Å². The third-order valence-corrected chi connectivity index (χ3v) is 3.10. The van der Waals surface area contributed by atoms with Crippen molar-refractivity contribution in [3.63, 3.8) is 0 Å². The molecule has 1 N–H and O–H groups in total. The zero-order valence-corrected chi connectivity index (χ0v) is 10.1. The Labute approximate surface area is 102 Å². The highest BCUT2D eigenvalue weighted by molar-refractivity contribution is 5.95. The van der Waals surface area contributed by atoms with Crippen molar-refractivity contribution in [1.82, 2.24) is 5.43 Å². The number of nitrogens with zero attached hydrogens (tertiary/aromatic N) is 1. The van der Waals surface area contributed by atoms with Gasteiger partial charge in [-0.1, -0.05) is 25.1 Å². The molecule has 90 valence electrons. The van der Waals surface area contributed by atoms with Crippen LogP contribution in [0.3, 0.4) is 0 Å². The number of hydrogen-bond donors (Lipinski definition) is 1. The van der Waals surface area contributed by atoms with Gasteiger partial charge in [0.2, 0.25) is 0 Å². The fourth-order valence-electron chi connectivity index (χ4n) is 2.15. The zero-order chi connectivity index (χ0) is 12.1. The van der Waals surface area contributed by atoms with E-state index in [1.54, 1.807) is 12.1 Å². The van der Waals surface area contributed by atoms with Crippen LogP contribution in [0.5, 0.6) is 0 Å². The van der Waals surface area contributed by atoms with Crippen LogP contribution >= 0.6 is 0 Å². The Kier molecular flexibility index (Phi) is 3.91. The lowest BCUT2D eigenvalue weighted by molar-refractivity contribution is 0.0954. The van der Waals surface area contributed by atoms with Gasteiger partial charge in [0.25, 0.3) is 5.91 Å². The zero-order valence-electron chi connectivity index (χ0n) is 10.1. The van der Waals surface area contributed by atoms with E-state index >= 15 is 0 Å². The van der Waals surface area contributed by atoms with Gasteiger partial charge in [0.15, 0.2) is 0 Å². The Hall–Kier alpha value is -1.64. The van der Waals surface area contributed by atoms with Crippen molar-refractivity contribution in [3.8, 4) is 0 Å². The van der Waals surface area contributed by atoms with Crippen molar-refractivity contribution in [2.75, 3.05) is 0 Å². The first kappa shape index (κ1) is 11.8. The molecule has 0 bridgehead atoms. The van der Waals surface area contributed by atoms with Crippen molar-refractivity contribution < 1.29 is 4.79 Å². The lowest BCUT2D eigenvalue weighted by Gasteiger charge is -2.18. The molecule has 3 heteroatoms. The van der Waals surface area contributed by atoms with Gasteiger partial charge in [0.05, 0.1) is 0 Å². The summed E-state index contributed by atoms with van der Waals surface area (Å²) < 4.78 is 0. The summed E-state index contributed by atoms with van der Waals surface area (Å²) in [7, 11) is 0. The molecular formula is C14H18N2O. The molecule has 1 aliphatic rings. The second-order valence-corrected chi connectivity index (χ2v) is 4.69. The summed E-state index contributed by atoms with van der Waals surface area (Å²) in [5.74, 6) is 0.562. The molecular weight excluding hydrogens is 212 g/mol. The van der Waals surface area contributed by atoms with Crippen molar-refractivity contribution in [2.45, 2.75) is 32.6 Å². The normalized spacial score (nSPS) is 22.4. The van der Waals surface area contributed by atoms with Crippen molar-refractivity contribution in [3.05, 3.63) is 35.9 Å². The van der Waals surface area contributed by atoms with Gasteiger partial charge in [0.1, 0.15) is 0 Å². The molecule has 0 spiro atoms. The summed E-state index contributed by atoms with van der Waals surface area (Å²) in [6.07, 6.45) is 4.47. The van der Waals surface area contributed by atoms with E-state index in [9.17, 15) is 4.79 Å². The SMILES string of the molecule is C[C@@H]1CCC/C(=N/NC(=O)c2ccccc2)C1. The fourth-order valence-corrected chi connectivity index (χ4v) is 2.15. The molecule has 1 aromatic carbocycles. The van der Waals surface area contributed by atoms with Crippen LogP contribution in [0.25, 0.3) is 0 Å². The largest absolute Gasteiger partial charge is 0.271 e. The molecule has 0 aliphatic heterocycles. The first-order valence-electron chi connectivity index (χ1n) is 6.16. The van der Waals surface area contributed by atoms with E-state index in [-0.39, 0.29) is 5.91 Å². The van der Waals surface area contributed by atoms with Crippen LogP contribution in [0.1, 0.15) is 43.0 Å². The van der Waals surface area contributed by atoms with Crippen molar-refractivity contribution in [2.24, 2.45) is 11.0 Å². The van der Waals surface area contributed by atoms with Crippen LogP contribution in [0.2, 0.25) is 0 Å². The van der Waals surface area contributed by atoms with Crippen LogP contribution in [0.4, 0.5) is 0 Å². The van der Waals surface area contributed by atoms with E-state index in [4.69, 9.17) is 0 Å². The lowest BCUT2D eigenvalue weighted by Crippen LogP contribution is -2.22. The second-order valence-electron chi connectivity index (χ2n) is 4.69. The highest BCUT2D eigenvalue weighted by atomic mass is 16.2. The number of nitrogens with one attached hydrogen (secondary N) is 1. The molecule has 1 atom stereocenters. The first-order chi connectivity index (χ1) is 8.25. The minimum Gasteiger partial charge on any atom is -0.267 e. The highest BCUT2D eigenvalue weighted by Crippen LogP contribution is 2.20. The fraction of sp³-hybridized carbons (Fsp3) is 0.429. The van der Waals surface area contributed by atoms with Crippen LogP contribution in [0.15, 0.2) is 35.4 Å². The van der Waals surface area contributed by atoms with E-state index in [1.807, 2.05) is 18.2 Å². The molecule has 0 unspecified atom stereocenters. The monoisotopic (exact) mass is 230 g/mol. The van der Waals surface area contributed by atoms with E-state index in [2.05, 4.69) is 17.5 Å². The van der Waals surface area contributed by atoms with Gasteiger partial charge in [-0.15, -0.1) is 0 Å². The number of amides is 1. The molecule has 1 aliphatic carbocycles. The number of benzene rings is 1. The second kappa shape index (κ2) is 5.62. The average molecular weight is 230 g/mol. The minimum absolute atomic E-state index is 0.128. The van der Waals surface area contributed by atoms with Crippen molar-refractivity contribution in [1.29, 1.82) is 0 Å². The summed E-state index contributed by atoms with van der Waals surface area (Å²) >= 11 is 0. The predicted octanol–water partition coefficient (Wildman–Crippen LogP) is 2.98. The molecule has 1 saturated carbocycles. The molecule has 0 heterocycles. The van der Waals surface area contributed by atoms with Crippen LogP contribution < -0.4 is 5.43 Å². The molecule has 2 rings (SSSR count). The van der Waals surface area contributed by atoms with Gasteiger partial charge in [-0.05, 0) is 43.7 Å². The third kappa shape index (κ3) is 3.41. The Morgan fingerprint density at radius 3 is 2.82 bits per heavy atom. The average Bonchev–Trinajstić information content (AvgIpc) is 2.37. The van der Waals surface area contributed by atoms with Crippen LogP contribution in [0, 0.1) is 5.92 Å². The van der Waals surface area contributed by atoms with Gasteiger partial charge in [0, 0.05) is 11.3 Å². The maximum Gasteiger partial charge on any atom is 0.271 e. The van der Waals surface area contributed by atoms with Crippen LogP contribution in [-0.2, 0) is 0 Å². The Balaban J connectivity index is 1.93. The minimum atomic E-state index is -0.128. The van der Waals surface area contributed by atoms with E-state index < -0.39 is 0 Å². The number of carbonyl (C=O) groups is 1. The van der Waals surface area contributed by atoms with E-state index in [0.717, 1.165) is 18.6 Å². The van der Waals surface area contributed by atoms with Gasteiger partial charge >= 0.3 is 0 Å². The number of carbonyl (C=O) groups excluding carboxylic acids is 1. The summed E-state index contributed by atoms with van der Waals surface area (Å²) in [5, 5.41) is 4.23. The highest BCUT2D eigenvalue weighted by Gasteiger charge is 2.14. The molecule has 1 aromatic rings. The quantitative estimate of drug-likeness (QED) is 0.780. The standard InChI is InChI=1S/C14H18N2O/c1-11-6-5-9-13(10-11)15-16-14(17)12-7-3-2-4-8-12/h2-4,7-8,11H,5-6,9-10H2,1H3,(H,16,17)/b15-13-/t11-/m1/s1. The molecule has 1 fully saturated rings. The molecule has 0 radical (unpaired) electrons. The van der Waals surface area contributed by atoms with Gasteiger partial charge in [-0.25, -0.2) is 5.43 Å². The third-order valence-electron chi connectivity index (χ3n) is 3.10. The maximum atomic E-state index is 11.8. The number of hydrogen-bond acceptors (Lipinski definition) is 2. The molecule has 0 saturated heterocycles. The summed E-state index contributed by atoms with van der Waals surface area (Å²) in [4.78, 5) is 11.8. The smallest absolute Gasteiger partial charge is 0.267 e. The van der Waals surface area contributed by atoms with E-state index in [0.29, 0.717) is 11.5 Å². The summed E-state index contributed by atoms with van der Waals surface area (Å²) in [6, 6.07) is 9.18. The molecule has 17 heavy (non-hydrogen) atoms. The van der Waals surface area contributed by atoms with Gasteiger partial charge < -0.3 is 0 Å². The lowest BCUT2D eigenvalue weighted by atomic mass is 9.89. The summed E-state index contributed by atoms with van der Waals surface area (Å²) in [5.41, 5.74) is 4.41. The van der Waals surface area contributed by atoms with Gasteiger partial charge in [-0.2, -0.15) is 5.10 Å². The Morgan fingerprint density at radius 2 is 2.12 bits per heavy atom. The topological polar surface area (TPSA) is 41.5 Å². The molecule has 1 amide bonds. The van der Waals surface area contributed by atoms with E-state index in [1.165, 1.54) is 12.8 Å². The summed E-state index contributed by atoms with van der Waals surface area (Å²) in [6.45, 7) is 2.23. The van der Waals surface area contributed by atoms with Crippen LogP contribution in [-0.4, -0.2) is 11.6 Å². The van der Waals surface area contributed by atoms with Gasteiger partial charge in [-0.3, -0.25) is 4.79 Å².